The zero-order valence-corrected chi connectivity index (χ0v) is 11.3. The van der Waals surface area contributed by atoms with E-state index in [9.17, 15) is 4.79 Å². The minimum Gasteiger partial charge on any atom is -0.378 e. The summed E-state index contributed by atoms with van der Waals surface area (Å²) in [7, 11) is 0. The van der Waals surface area contributed by atoms with Crippen molar-refractivity contribution in [2.75, 3.05) is 26.3 Å². The van der Waals surface area contributed by atoms with Crippen LogP contribution in [0.1, 0.15) is 10.4 Å². The number of rotatable bonds is 1. The zero-order valence-electron chi connectivity index (χ0n) is 9.69. The number of carbonyl (C=O) groups excluding carboxylic acids is 1. The van der Waals surface area contributed by atoms with Gasteiger partial charge in [-0.15, -0.1) is 0 Å². The lowest BCUT2D eigenvalue weighted by molar-refractivity contribution is 0.0669. The molecule has 1 saturated heterocycles. The van der Waals surface area contributed by atoms with Gasteiger partial charge in [-0.3, -0.25) is 10.1 Å². The van der Waals surface area contributed by atoms with Gasteiger partial charge in [-0.2, -0.15) is 0 Å². The lowest BCUT2D eigenvalue weighted by Crippen LogP contribution is -2.47. The Labute approximate surface area is 116 Å². The molecule has 0 spiro atoms. The van der Waals surface area contributed by atoms with Crippen LogP contribution < -0.4 is 5.32 Å². The minimum absolute atomic E-state index is 0.219. The molecule has 1 amide bonds. The van der Waals surface area contributed by atoms with Crippen molar-refractivity contribution < 1.29 is 9.53 Å². The summed E-state index contributed by atoms with van der Waals surface area (Å²) in [5.41, 5.74) is 0.537. The number of halogens is 1. The van der Waals surface area contributed by atoms with Crippen molar-refractivity contribution >= 4 is 34.8 Å². The highest BCUT2D eigenvalue weighted by atomic mass is 35.5. The maximum atomic E-state index is 11.9. The van der Waals surface area contributed by atoms with Gasteiger partial charge >= 0.3 is 0 Å². The van der Waals surface area contributed by atoms with Crippen LogP contribution in [0.5, 0.6) is 0 Å². The largest absolute Gasteiger partial charge is 0.378 e. The van der Waals surface area contributed by atoms with Gasteiger partial charge in [0.15, 0.2) is 5.11 Å². The number of benzene rings is 1. The molecule has 4 nitrogen and oxygen atoms in total. The summed E-state index contributed by atoms with van der Waals surface area (Å²) in [6.45, 7) is 2.69. The normalized spacial score (nSPS) is 15.3. The smallest absolute Gasteiger partial charge is 0.257 e. The molecule has 1 heterocycles. The second-order valence-corrected chi connectivity index (χ2v) is 4.69. The van der Waals surface area contributed by atoms with Crippen LogP contribution in [-0.4, -0.2) is 42.2 Å². The molecule has 0 aromatic heterocycles. The summed E-state index contributed by atoms with van der Waals surface area (Å²) in [4.78, 5) is 13.8. The molecule has 1 aliphatic heterocycles. The van der Waals surface area contributed by atoms with Crippen molar-refractivity contribution in [2.24, 2.45) is 0 Å². The fourth-order valence-electron chi connectivity index (χ4n) is 1.62. The topological polar surface area (TPSA) is 41.6 Å². The zero-order chi connectivity index (χ0) is 13.0. The summed E-state index contributed by atoms with van der Waals surface area (Å²) in [6.07, 6.45) is 0. The van der Waals surface area contributed by atoms with E-state index >= 15 is 0 Å². The van der Waals surface area contributed by atoms with E-state index in [0.717, 1.165) is 0 Å². The Morgan fingerprint density at radius 3 is 2.50 bits per heavy atom. The highest BCUT2D eigenvalue weighted by Gasteiger charge is 2.16. The summed E-state index contributed by atoms with van der Waals surface area (Å²) < 4.78 is 5.22. The van der Waals surface area contributed by atoms with Crippen molar-refractivity contribution in [2.45, 2.75) is 0 Å². The third-order valence-electron chi connectivity index (χ3n) is 2.63. The van der Waals surface area contributed by atoms with Crippen molar-refractivity contribution in [1.82, 2.24) is 10.2 Å². The van der Waals surface area contributed by atoms with Crippen molar-refractivity contribution in [3.05, 3.63) is 34.9 Å². The van der Waals surface area contributed by atoms with E-state index in [1.54, 1.807) is 24.3 Å². The van der Waals surface area contributed by atoms with E-state index < -0.39 is 0 Å². The van der Waals surface area contributed by atoms with Gasteiger partial charge in [0.2, 0.25) is 0 Å². The molecule has 1 N–H and O–H groups in total. The number of carbonyl (C=O) groups is 1. The molecule has 0 radical (unpaired) electrons. The van der Waals surface area contributed by atoms with Gasteiger partial charge in [-0.25, -0.2) is 0 Å². The number of amides is 1. The van der Waals surface area contributed by atoms with E-state index in [1.165, 1.54) is 0 Å². The number of nitrogens with zero attached hydrogens (tertiary/aromatic N) is 1. The lowest BCUT2D eigenvalue weighted by Gasteiger charge is -2.28. The molecule has 1 fully saturated rings. The van der Waals surface area contributed by atoms with Crippen LogP contribution >= 0.6 is 23.8 Å². The van der Waals surface area contributed by atoms with Crippen LogP contribution in [0.2, 0.25) is 5.02 Å². The first-order valence-electron chi connectivity index (χ1n) is 5.60. The van der Waals surface area contributed by atoms with Crippen LogP contribution in [0.25, 0.3) is 0 Å². The van der Waals surface area contributed by atoms with Crippen molar-refractivity contribution in [3.8, 4) is 0 Å². The van der Waals surface area contributed by atoms with Gasteiger partial charge < -0.3 is 9.64 Å². The molecule has 0 atom stereocenters. The highest BCUT2D eigenvalue weighted by molar-refractivity contribution is 7.80. The number of ether oxygens (including phenoxy) is 1. The molecule has 6 heteroatoms. The third-order valence-corrected chi connectivity index (χ3v) is 3.24. The van der Waals surface area contributed by atoms with E-state index in [0.29, 0.717) is 42.0 Å². The van der Waals surface area contributed by atoms with Crippen molar-refractivity contribution in [1.29, 1.82) is 0 Å². The van der Waals surface area contributed by atoms with E-state index in [4.69, 9.17) is 28.6 Å². The quantitative estimate of drug-likeness (QED) is 0.797. The minimum atomic E-state index is -0.219. The van der Waals surface area contributed by atoms with Gasteiger partial charge in [0.1, 0.15) is 0 Å². The highest BCUT2D eigenvalue weighted by Crippen LogP contribution is 2.09. The predicted octanol–water partition coefficient (Wildman–Crippen LogP) is 1.69. The second kappa shape index (κ2) is 6.13. The summed E-state index contributed by atoms with van der Waals surface area (Å²) in [5, 5.41) is 3.75. The SMILES string of the molecule is O=C(NC(=S)N1CCOCC1)c1ccc(Cl)cc1. The van der Waals surface area contributed by atoms with Crippen LogP contribution in [0.15, 0.2) is 24.3 Å². The number of morpholine rings is 1. The Kier molecular flexibility index (Phi) is 4.52. The van der Waals surface area contributed by atoms with Crippen LogP contribution in [-0.2, 0) is 4.74 Å². The van der Waals surface area contributed by atoms with Gasteiger partial charge in [0.25, 0.3) is 5.91 Å². The van der Waals surface area contributed by atoms with E-state index in [-0.39, 0.29) is 5.91 Å². The number of thiocarbonyl (C=S) groups is 1. The molecule has 2 rings (SSSR count). The monoisotopic (exact) mass is 284 g/mol. The number of hydrogen-bond acceptors (Lipinski definition) is 3. The molecule has 0 bridgehead atoms. The first-order valence-corrected chi connectivity index (χ1v) is 6.39. The standard InChI is InChI=1S/C12H13ClN2O2S/c13-10-3-1-9(2-4-10)11(16)14-12(18)15-5-7-17-8-6-15/h1-4H,5-8H2,(H,14,16,18). The molecular weight excluding hydrogens is 272 g/mol. The fraction of sp³-hybridized carbons (Fsp3) is 0.333. The molecule has 0 aliphatic carbocycles. The Morgan fingerprint density at radius 2 is 1.89 bits per heavy atom. The number of nitrogens with one attached hydrogen (secondary N) is 1. The molecular formula is C12H13ClN2O2S. The fourth-order valence-corrected chi connectivity index (χ4v) is 2.02. The number of hydrogen-bond donors (Lipinski definition) is 1. The van der Waals surface area contributed by atoms with Crippen molar-refractivity contribution in [3.63, 3.8) is 0 Å². The molecule has 0 unspecified atom stereocenters. The van der Waals surface area contributed by atoms with Gasteiger partial charge in [-0.1, -0.05) is 11.6 Å². The Morgan fingerprint density at radius 1 is 1.28 bits per heavy atom. The molecule has 18 heavy (non-hydrogen) atoms. The van der Waals surface area contributed by atoms with E-state index in [1.807, 2.05) is 4.90 Å². The predicted molar refractivity (Wildman–Crippen MR) is 73.9 cm³/mol. The molecule has 1 aromatic rings. The van der Waals surface area contributed by atoms with Crippen LogP contribution in [0.4, 0.5) is 0 Å². The molecule has 1 aliphatic rings. The first kappa shape index (κ1) is 13.3. The Balaban J connectivity index is 1.94. The van der Waals surface area contributed by atoms with Gasteiger partial charge in [0.05, 0.1) is 13.2 Å². The van der Waals surface area contributed by atoms with Crippen LogP contribution in [0.3, 0.4) is 0 Å². The van der Waals surface area contributed by atoms with Gasteiger partial charge in [0, 0.05) is 23.7 Å². The van der Waals surface area contributed by atoms with E-state index in [2.05, 4.69) is 5.32 Å². The maximum absolute atomic E-state index is 11.9. The Hall–Kier alpha value is -1.17. The Bertz CT molecular complexity index is 444. The average molecular weight is 285 g/mol. The summed E-state index contributed by atoms with van der Waals surface area (Å²) >= 11 is 11.0. The lowest BCUT2D eigenvalue weighted by atomic mass is 10.2. The molecule has 1 aromatic carbocycles. The maximum Gasteiger partial charge on any atom is 0.257 e. The summed E-state index contributed by atoms with van der Waals surface area (Å²) in [6, 6.07) is 6.68. The molecule has 0 saturated carbocycles. The van der Waals surface area contributed by atoms with Gasteiger partial charge in [-0.05, 0) is 36.5 Å². The van der Waals surface area contributed by atoms with Crippen LogP contribution in [0, 0.1) is 0 Å². The average Bonchev–Trinajstić information content (AvgIpc) is 2.40. The third kappa shape index (κ3) is 3.41. The first-order chi connectivity index (χ1) is 8.66. The molecule has 96 valence electrons. The second-order valence-electron chi connectivity index (χ2n) is 3.87. The summed E-state index contributed by atoms with van der Waals surface area (Å²) in [5.74, 6) is -0.219.